The van der Waals surface area contributed by atoms with E-state index in [0.29, 0.717) is 11.5 Å². The van der Waals surface area contributed by atoms with Crippen molar-refractivity contribution >= 4 is 0 Å². The Bertz CT molecular complexity index is 858. The van der Waals surface area contributed by atoms with Crippen LogP contribution in [-0.4, -0.2) is 30.5 Å². The number of hydrogen-bond donors (Lipinski definition) is 2. The van der Waals surface area contributed by atoms with Crippen LogP contribution in [0, 0.1) is 0 Å². The second-order valence-corrected chi connectivity index (χ2v) is 6.70. The van der Waals surface area contributed by atoms with Crippen LogP contribution in [0.25, 0.3) is 0 Å². The third-order valence-electron chi connectivity index (χ3n) is 5.25. The van der Waals surface area contributed by atoms with Gasteiger partial charge in [-0.05, 0) is 53.8 Å². The molecule has 1 aliphatic heterocycles. The Kier molecular flexibility index (Phi) is 4.24. The first kappa shape index (κ1) is 16.8. The van der Waals surface area contributed by atoms with Gasteiger partial charge in [-0.2, -0.15) is 0 Å². The number of rotatable bonds is 3. The smallest absolute Gasteiger partial charge is 0.160 e. The molecule has 2 aliphatic rings. The lowest BCUT2D eigenvalue weighted by Gasteiger charge is -2.37. The van der Waals surface area contributed by atoms with Crippen molar-refractivity contribution in [3.8, 4) is 23.0 Å². The van der Waals surface area contributed by atoms with Gasteiger partial charge in [0.15, 0.2) is 23.0 Å². The van der Waals surface area contributed by atoms with E-state index in [1.807, 2.05) is 24.3 Å². The second-order valence-electron chi connectivity index (χ2n) is 6.70. The SMILES string of the molecule is COc1cc([C@H]2C=C[C@@H]3c4cc(OC)c(O)cc4CC[C@@H]3O2)ccc1O. The van der Waals surface area contributed by atoms with Gasteiger partial charge in [0.1, 0.15) is 6.10 Å². The highest BCUT2D eigenvalue weighted by atomic mass is 16.5. The topological polar surface area (TPSA) is 68.2 Å². The largest absolute Gasteiger partial charge is 0.504 e. The molecule has 0 saturated carbocycles. The van der Waals surface area contributed by atoms with Crippen LogP contribution < -0.4 is 9.47 Å². The van der Waals surface area contributed by atoms with Crippen LogP contribution >= 0.6 is 0 Å². The summed E-state index contributed by atoms with van der Waals surface area (Å²) in [4.78, 5) is 0. The zero-order chi connectivity index (χ0) is 18.3. The zero-order valence-corrected chi connectivity index (χ0v) is 14.8. The van der Waals surface area contributed by atoms with Gasteiger partial charge in [-0.25, -0.2) is 0 Å². The van der Waals surface area contributed by atoms with Crippen molar-refractivity contribution in [2.75, 3.05) is 14.2 Å². The molecule has 1 aliphatic carbocycles. The second kappa shape index (κ2) is 6.57. The lowest BCUT2D eigenvalue weighted by Crippen LogP contribution is -2.31. The van der Waals surface area contributed by atoms with E-state index in [4.69, 9.17) is 14.2 Å². The van der Waals surface area contributed by atoms with Crippen LogP contribution in [0.2, 0.25) is 0 Å². The Morgan fingerprint density at radius 2 is 1.73 bits per heavy atom. The minimum atomic E-state index is -0.175. The van der Waals surface area contributed by atoms with Gasteiger partial charge >= 0.3 is 0 Å². The number of fused-ring (bicyclic) bond motifs is 3. The normalized spacial score (nSPS) is 23.8. The molecule has 0 amide bonds. The van der Waals surface area contributed by atoms with E-state index in [-0.39, 0.29) is 29.6 Å². The average Bonchev–Trinajstić information content (AvgIpc) is 2.67. The Hall–Kier alpha value is -2.66. The van der Waals surface area contributed by atoms with E-state index in [9.17, 15) is 10.2 Å². The molecular weight excluding hydrogens is 332 g/mol. The monoisotopic (exact) mass is 354 g/mol. The molecule has 26 heavy (non-hydrogen) atoms. The van der Waals surface area contributed by atoms with Crippen LogP contribution in [0.4, 0.5) is 0 Å². The van der Waals surface area contributed by atoms with Crippen LogP contribution in [-0.2, 0) is 11.2 Å². The molecule has 0 saturated heterocycles. The van der Waals surface area contributed by atoms with E-state index >= 15 is 0 Å². The molecule has 0 bridgehead atoms. The van der Waals surface area contributed by atoms with E-state index in [0.717, 1.165) is 29.5 Å². The van der Waals surface area contributed by atoms with Crippen molar-refractivity contribution in [2.45, 2.75) is 31.0 Å². The summed E-state index contributed by atoms with van der Waals surface area (Å²) in [7, 11) is 3.09. The maximum absolute atomic E-state index is 10.0. The predicted octanol–water partition coefficient (Wildman–Crippen LogP) is 3.84. The Balaban J connectivity index is 1.65. The number of methoxy groups -OCH3 is 2. The van der Waals surface area contributed by atoms with Gasteiger partial charge in [-0.1, -0.05) is 18.2 Å². The van der Waals surface area contributed by atoms with Crippen molar-refractivity contribution in [1.29, 1.82) is 0 Å². The average molecular weight is 354 g/mol. The lowest BCUT2D eigenvalue weighted by molar-refractivity contribution is -0.0140. The molecule has 4 rings (SSSR count). The fourth-order valence-corrected chi connectivity index (χ4v) is 3.89. The molecule has 0 unspecified atom stereocenters. The molecule has 2 aromatic rings. The van der Waals surface area contributed by atoms with E-state index in [1.54, 1.807) is 19.2 Å². The van der Waals surface area contributed by atoms with Crippen LogP contribution in [0.3, 0.4) is 0 Å². The third-order valence-corrected chi connectivity index (χ3v) is 5.25. The molecule has 0 fully saturated rings. The van der Waals surface area contributed by atoms with E-state index in [2.05, 4.69) is 6.08 Å². The summed E-state index contributed by atoms with van der Waals surface area (Å²) in [5, 5.41) is 19.8. The Morgan fingerprint density at radius 3 is 2.50 bits per heavy atom. The van der Waals surface area contributed by atoms with Gasteiger partial charge in [-0.3, -0.25) is 0 Å². The van der Waals surface area contributed by atoms with Crippen molar-refractivity contribution in [1.82, 2.24) is 0 Å². The van der Waals surface area contributed by atoms with Crippen molar-refractivity contribution in [3.63, 3.8) is 0 Å². The number of phenols is 2. The number of phenolic OH excluding ortho intramolecular Hbond substituents is 2. The van der Waals surface area contributed by atoms with E-state index < -0.39 is 0 Å². The van der Waals surface area contributed by atoms with Gasteiger partial charge in [-0.15, -0.1) is 0 Å². The highest BCUT2D eigenvalue weighted by molar-refractivity contribution is 5.51. The Morgan fingerprint density at radius 1 is 0.962 bits per heavy atom. The predicted molar refractivity (Wildman–Crippen MR) is 97.1 cm³/mol. The summed E-state index contributed by atoms with van der Waals surface area (Å²) >= 11 is 0. The fourth-order valence-electron chi connectivity index (χ4n) is 3.89. The number of ether oxygens (including phenoxy) is 3. The molecule has 0 aromatic heterocycles. The number of aromatic hydroxyl groups is 2. The van der Waals surface area contributed by atoms with Crippen molar-refractivity contribution in [2.24, 2.45) is 0 Å². The number of hydrogen-bond acceptors (Lipinski definition) is 5. The summed E-state index contributed by atoms with van der Waals surface area (Å²) in [5.74, 6) is 1.37. The highest BCUT2D eigenvalue weighted by Crippen LogP contribution is 2.44. The molecular formula is C21H22O5. The van der Waals surface area contributed by atoms with Gasteiger partial charge in [0.2, 0.25) is 0 Å². The van der Waals surface area contributed by atoms with Gasteiger partial charge in [0.25, 0.3) is 0 Å². The summed E-state index contributed by atoms with van der Waals surface area (Å²) < 4.78 is 16.8. The summed E-state index contributed by atoms with van der Waals surface area (Å²) in [6.07, 6.45) is 5.85. The molecule has 0 spiro atoms. The van der Waals surface area contributed by atoms with Crippen LogP contribution in [0.5, 0.6) is 23.0 Å². The van der Waals surface area contributed by atoms with Gasteiger partial charge < -0.3 is 24.4 Å². The first-order valence-corrected chi connectivity index (χ1v) is 8.71. The van der Waals surface area contributed by atoms with Gasteiger partial charge in [0, 0.05) is 5.92 Å². The van der Waals surface area contributed by atoms with Crippen LogP contribution in [0.15, 0.2) is 42.5 Å². The fraction of sp³-hybridized carbons (Fsp3) is 0.333. The first-order chi connectivity index (χ1) is 12.6. The molecule has 1 heterocycles. The molecule has 3 atom stereocenters. The molecule has 5 nitrogen and oxygen atoms in total. The van der Waals surface area contributed by atoms with Crippen molar-refractivity contribution < 1.29 is 24.4 Å². The zero-order valence-electron chi connectivity index (χ0n) is 14.8. The lowest BCUT2D eigenvalue weighted by atomic mass is 9.78. The molecule has 2 aromatic carbocycles. The van der Waals surface area contributed by atoms with Crippen LogP contribution in [0.1, 0.15) is 35.1 Å². The molecule has 136 valence electrons. The summed E-state index contributed by atoms with van der Waals surface area (Å²) in [6.45, 7) is 0. The minimum Gasteiger partial charge on any atom is -0.504 e. The molecule has 0 radical (unpaired) electrons. The third kappa shape index (κ3) is 2.78. The standard InChI is InChI=1S/C21H22O5/c1-24-20-10-13(3-6-16(20)22)18-8-5-14-15-11-21(25-2)17(23)9-12(15)4-7-19(14)26-18/h3,5-6,8-11,14,18-19,22-23H,4,7H2,1-2H3/t14-,18-,19+/m1/s1. The number of aryl methyl sites for hydroxylation is 1. The maximum Gasteiger partial charge on any atom is 0.160 e. The van der Waals surface area contributed by atoms with E-state index in [1.165, 1.54) is 7.11 Å². The molecule has 5 heteroatoms. The summed E-state index contributed by atoms with van der Waals surface area (Å²) in [5.41, 5.74) is 3.24. The van der Waals surface area contributed by atoms with Crippen molar-refractivity contribution in [3.05, 3.63) is 59.2 Å². The maximum atomic E-state index is 10.0. The molecule has 2 N–H and O–H groups in total. The first-order valence-electron chi connectivity index (χ1n) is 8.71. The Labute approximate surface area is 152 Å². The minimum absolute atomic E-state index is 0.0616. The van der Waals surface area contributed by atoms with Gasteiger partial charge in [0.05, 0.1) is 20.3 Å². The summed E-state index contributed by atoms with van der Waals surface area (Å²) in [6, 6.07) is 9.00. The highest BCUT2D eigenvalue weighted by Gasteiger charge is 2.34. The quantitative estimate of drug-likeness (QED) is 0.820. The number of benzene rings is 2.